The van der Waals surface area contributed by atoms with Gasteiger partial charge in [0.15, 0.2) is 11.5 Å². The van der Waals surface area contributed by atoms with Crippen LogP contribution in [-0.4, -0.2) is 19.1 Å². The zero-order valence-electron chi connectivity index (χ0n) is 12.7. The van der Waals surface area contributed by atoms with Crippen LogP contribution in [0.2, 0.25) is 5.02 Å². The molecule has 120 valence electrons. The zero-order valence-corrected chi connectivity index (χ0v) is 13.4. The summed E-state index contributed by atoms with van der Waals surface area (Å²) in [4.78, 5) is 12.0. The van der Waals surface area contributed by atoms with E-state index in [4.69, 9.17) is 21.1 Å². The average molecular weight is 332 g/mol. The lowest BCUT2D eigenvalue weighted by Gasteiger charge is -2.10. The summed E-state index contributed by atoms with van der Waals surface area (Å²) < 4.78 is 11.2. The summed E-state index contributed by atoms with van der Waals surface area (Å²) in [5.41, 5.74) is 1.92. The van der Waals surface area contributed by atoms with Crippen molar-refractivity contribution in [2.75, 3.05) is 13.2 Å². The Hall–Kier alpha value is -2.20. The molecule has 0 radical (unpaired) electrons. The van der Waals surface area contributed by atoms with Crippen molar-refractivity contribution in [3.8, 4) is 11.5 Å². The van der Waals surface area contributed by atoms with Gasteiger partial charge in [0.1, 0.15) is 0 Å². The van der Waals surface area contributed by atoms with Gasteiger partial charge in [0.2, 0.25) is 5.91 Å². The molecule has 0 atom stereocenters. The van der Waals surface area contributed by atoms with E-state index in [1.54, 1.807) is 12.1 Å². The highest BCUT2D eigenvalue weighted by Crippen LogP contribution is 2.30. The van der Waals surface area contributed by atoms with Crippen molar-refractivity contribution in [2.45, 2.75) is 19.4 Å². The second-order valence-electron chi connectivity index (χ2n) is 5.41. The molecule has 0 saturated heterocycles. The standard InChI is InChI=1S/C18H18ClNO3/c19-15-5-2-13(3-6-15)11-18(21)20-12-14-4-7-16-17(10-14)23-9-1-8-22-16/h2-7,10H,1,8-9,11-12H2,(H,20,21). The fourth-order valence-corrected chi connectivity index (χ4v) is 2.49. The molecule has 0 bridgehead atoms. The maximum atomic E-state index is 12.0. The maximum Gasteiger partial charge on any atom is 0.224 e. The van der Waals surface area contributed by atoms with Crippen molar-refractivity contribution < 1.29 is 14.3 Å². The van der Waals surface area contributed by atoms with E-state index in [2.05, 4.69) is 5.32 Å². The van der Waals surface area contributed by atoms with E-state index in [-0.39, 0.29) is 5.91 Å². The van der Waals surface area contributed by atoms with Gasteiger partial charge < -0.3 is 14.8 Å². The predicted molar refractivity (Wildman–Crippen MR) is 89.1 cm³/mol. The topological polar surface area (TPSA) is 47.6 Å². The van der Waals surface area contributed by atoms with Crippen LogP contribution in [0.15, 0.2) is 42.5 Å². The van der Waals surface area contributed by atoms with Gasteiger partial charge in [-0.1, -0.05) is 29.8 Å². The Morgan fingerprint density at radius 3 is 2.48 bits per heavy atom. The molecule has 5 heteroatoms. The molecule has 2 aromatic rings. The number of amides is 1. The first-order valence-corrected chi connectivity index (χ1v) is 7.98. The van der Waals surface area contributed by atoms with Gasteiger partial charge in [0.25, 0.3) is 0 Å². The van der Waals surface area contributed by atoms with E-state index in [0.717, 1.165) is 29.0 Å². The minimum Gasteiger partial charge on any atom is -0.490 e. The van der Waals surface area contributed by atoms with Crippen molar-refractivity contribution in [2.24, 2.45) is 0 Å². The predicted octanol–water partition coefficient (Wildman–Crippen LogP) is 3.36. The Balaban J connectivity index is 1.56. The lowest BCUT2D eigenvalue weighted by molar-refractivity contribution is -0.120. The normalized spacial score (nSPS) is 13.3. The summed E-state index contributed by atoms with van der Waals surface area (Å²) in [6.07, 6.45) is 1.21. The highest BCUT2D eigenvalue weighted by atomic mass is 35.5. The lowest BCUT2D eigenvalue weighted by atomic mass is 10.1. The summed E-state index contributed by atoms with van der Waals surface area (Å²) in [7, 11) is 0. The number of halogens is 1. The van der Waals surface area contributed by atoms with Gasteiger partial charge in [-0.2, -0.15) is 0 Å². The summed E-state index contributed by atoms with van der Waals surface area (Å²) in [5, 5.41) is 3.58. The average Bonchev–Trinajstić information content (AvgIpc) is 2.80. The summed E-state index contributed by atoms with van der Waals surface area (Å²) in [6.45, 7) is 1.78. The van der Waals surface area contributed by atoms with Gasteiger partial charge in [-0.05, 0) is 35.4 Å². The van der Waals surface area contributed by atoms with Gasteiger partial charge in [-0.25, -0.2) is 0 Å². The second kappa shape index (κ2) is 7.38. The SMILES string of the molecule is O=C(Cc1ccc(Cl)cc1)NCc1ccc2c(c1)OCCCO2. The first-order valence-electron chi connectivity index (χ1n) is 7.60. The molecule has 1 aliphatic rings. The lowest BCUT2D eigenvalue weighted by Crippen LogP contribution is -2.24. The van der Waals surface area contributed by atoms with Crippen LogP contribution < -0.4 is 14.8 Å². The number of hydrogen-bond acceptors (Lipinski definition) is 3. The number of benzene rings is 2. The maximum absolute atomic E-state index is 12.0. The van der Waals surface area contributed by atoms with Crippen molar-refractivity contribution in [3.63, 3.8) is 0 Å². The third-order valence-electron chi connectivity index (χ3n) is 3.58. The van der Waals surface area contributed by atoms with Gasteiger partial charge in [0.05, 0.1) is 19.6 Å². The van der Waals surface area contributed by atoms with Crippen LogP contribution in [0.4, 0.5) is 0 Å². The zero-order chi connectivity index (χ0) is 16.1. The van der Waals surface area contributed by atoms with E-state index < -0.39 is 0 Å². The van der Waals surface area contributed by atoms with E-state index in [9.17, 15) is 4.79 Å². The Kier molecular flexibility index (Phi) is 5.03. The third-order valence-corrected chi connectivity index (χ3v) is 3.83. The number of ether oxygens (including phenoxy) is 2. The number of nitrogens with one attached hydrogen (secondary N) is 1. The third kappa shape index (κ3) is 4.39. The first kappa shape index (κ1) is 15.7. The van der Waals surface area contributed by atoms with Crippen LogP contribution in [0.5, 0.6) is 11.5 Å². The largest absolute Gasteiger partial charge is 0.490 e. The highest BCUT2D eigenvalue weighted by Gasteiger charge is 2.11. The van der Waals surface area contributed by atoms with Crippen LogP contribution >= 0.6 is 11.6 Å². The molecule has 1 amide bonds. The number of hydrogen-bond donors (Lipinski definition) is 1. The molecular weight excluding hydrogens is 314 g/mol. The number of fused-ring (bicyclic) bond motifs is 1. The molecule has 0 saturated carbocycles. The van der Waals surface area contributed by atoms with Gasteiger partial charge >= 0.3 is 0 Å². The van der Waals surface area contributed by atoms with Crippen LogP contribution in [0.1, 0.15) is 17.5 Å². The van der Waals surface area contributed by atoms with Crippen LogP contribution in [0.25, 0.3) is 0 Å². The van der Waals surface area contributed by atoms with E-state index in [1.807, 2.05) is 30.3 Å². The molecule has 0 fully saturated rings. The molecule has 3 rings (SSSR count). The number of carbonyl (C=O) groups is 1. The Morgan fingerprint density at radius 2 is 1.70 bits per heavy atom. The van der Waals surface area contributed by atoms with E-state index in [0.29, 0.717) is 31.2 Å². The number of rotatable bonds is 4. The van der Waals surface area contributed by atoms with Crippen LogP contribution in [0, 0.1) is 0 Å². The summed E-state index contributed by atoms with van der Waals surface area (Å²) >= 11 is 5.84. The fraction of sp³-hybridized carbons (Fsp3) is 0.278. The fourth-order valence-electron chi connectivity index (χ4n) is 2.37. The summed E-state index contributed by atoms with van der Waals surface area (Å²) in [6, 6.07) is 13.0. The molecular formula is C18H18ClNO3. The van der Waals surface area contributed by atoms with Gasteiger partial charge in [0, 0.05) is 18.0 Å². The molecule has 2 aromatic carbocycles. The first-order chi connectivity index (χ1) is 11.2. The molecule has 1 heterocycles. The smallest absolute Gasteiger partial charge is 0.224 e. The van der Waals surface area contributed by atoms with Crippen molar-refractivity contribution in [3.05, 3.63) is 58.6 Å². The highest BCUT2D eigenvalue weighted by molar-refractivity contribution is 6.30. The van der Waals surface area contributed by atoms with E-state index in [1.165, 1.54) is 0 Å². The molecule has 0 spiro atoms. The quantitative estimate of drug-likeness (QED) is 0.934. The monoisotopic (exact) mass is 331 g/mol. The van der Waals surface area contributed by atoms with Crippen molar-refractivity contribution in [1.82, 2.24) is 5.32 Å². The molecule has 0 aliphatic carbocycles. The second-order valence-corrected chi connectivity index (χ2v) is 5.85. The molecule has 0 aromatic heterocycles. The Bertz CT molecular complexity index is 685. The van der Waals surface area contributed by atoms with E-state index >= 15 is 0 Å². The van der Waals surface area contributed by atoms with Gasteiger partial charge in [-0.15, -0.1) is 0 Å². The van der Waals surface area contributed by atoms with Crippen LogP contribution in [-0.2, 0) is 17.8 Å². The minimum atomic E-state index is -0.0283. The van der Waals surface area contributed by atoms with Gasteiger partial charge in [-0.3, -0.25) is 4.79 Å². The molecule has 0 unspecified atom stereocenters. The molecule has 1 aliphatic heterocycles. The molecule has 23 heavy (non-hydrogen) atoms. The Labute approximate surface area is 140 Å². The number of carbonyl (C=O) groups excluding carboxylic acids is 1. The van der Waals surface area contributed by atoms with Crippen LogP contribution in [0.3, 0.4) is 0 Å². The summed E-state index contributed by atoms with van der Waals surface area (Å²) in [5.74, 6) is 1.48. The van der Waals surface area contributed by atoms with Crippen molar-refractivity contribution in [1.29, 1.82) is 0 Å². The van der Waals surface area contributed by atoms with Crippen molar-refractivity contribution >= 4 is 17.5 Å². The minimum absolute atomic E-state index is 0.0283. The molecule has 1 N–H and O–H groups in total. The molecule has 4 nitrogen and oxygen atoms in total. The Morgan fingerprint density at radius 1 is 1.00 bits per heavy atom.